The van der Waals surface area contributed by atoms with Crippen LogP contribution in [-0.4, -0.2) is 33.1 Å². The van der Waals surface area contributed by atoms with Gasteiger partial charge < -0.3 is 15.7 Å². The van der Waals surface area contributed by atoms with Crippen molar-refractivity contribution in [3.8, 4) is 0 Å². The third kappa shape index (κ3) is 5.32. The van der Waals surface area contributed by atoms with Crippen LogP contribution in [0.2, 0.25) is 5.02 Å². The van der Waals surface area contributed by atoms with E-state index in [1.807, 2.05) is 0 Å². The van der Waals surface area contributed by atoms with Gasteiger partial charge in [-0.3, -0.25) is 10.1 Å². The molecule has 1 aromatic heterocycles. The Kier molecular flexibility index (Phi) is 6.71. The minimum Gasteiger partial charge on any atom is -0.396 e. The maximum atomic E-state index is 11.1. The molecule has 1 heterocycles. The number of hydrogen-bond donors (Lipinski definition) is 3. The Hall–Kier alpha value is -2.45. The zero-order valence-electron chi connectivity index (χ0n) is 12.9. The summed E-state index contributed by atoms with van der Waals surface area (Å²) in [5, 5.41) is 26.4. The van der Waals surface area contributed by atoms with Gasteiger partial charge in [0.05, 0.1) is 4.92 Å². The first-order chi connectivity index (χ1) is 11.6. The molecule has 0 amide bonds. The monoisotopic (exact) mass is 351 g/mol. The number of nitrogens with one attached hydrogen (secondary N) is 2. The average Bonchev–Trinajstić information content (AvgIpc) is 2.57. The Morgan fingerprint density at radius 2 is 1.96 bits per heavy atom. The summed E-state index contributed by atoms with van der Waals surface area (Å²) in [5.41, 5.74) is 0.543. The van der Waals surface area contributed by atoms with E-state index in [1.165, 1.54) is 6.20 Å². The van der Waals surface area contributed by atoms with Gasteiger partial charge in [-0.15, -0.1) is 0 Å². The van der Waals surface area contributed by atoms with Crippen LogP contribution in [0.25, 0.3) is 0 Å². The van der Waals surface area contributed by atoms with E-state index in [-0.39, 0.29) is 24.1 Å². The molecule has 0 fully saturated rings. The summed E-state index contributed by atoms with van der Waals surface area (Å²) in [7, 11) is 0. The molecule has 0 aliphatic carbocycles. The lowest BCUT2D eigenvalue weighted by Crippen LogP contribution is -2.09. The summed E-state index contributed by atoms with van der Waals surface area (Å²) in [4.78, 5) is 18.7. The molecule has 8 nitrogen and oxygen atoms in total. The van der Waals surface area contributed by atoms with Gasteiger partial charge in [0.25, 0.3) is 0 Å². The zero-order chi connectivity index (χ0) is 17.4. The smallest absolute Gasteiger partial charge is 0.329 e. The molecule has 0 bridgehead atoms. The lowest BCUT2D eigenvalue weighted by Gasteiger charge is -2.09. The second kappa shape index (κ2) is 8.99. The number of halogens is 1. The van der Waals surface area contributed by atoms with Crippen molar-refractivity contribution in [1.29, 1.82) is 0 Å². The van der Waals surface area contributed by atoms with Gasteiger partial charge in [-0.1, -0.05) is 11.6 Å². The summed E-state index contributed by atoms with van der Waals surface area (Å²) in [5.74, 6) is 0.413. The maximum absolute atomic E-state index is 11.1. The van der Waals surface area contributed by atoms with Crippen LogP contribution in [0.5, 0.6) is 0 Å². The minimum atomic E-state index is -0.526. The molecule has 0 saturated heterocycles. The number of aliphatic hydroxyl groups is 1. The number of anilines is 3. The van der Waals surface area contributed by atoms with Crippen LogP contribution in [0.3, 0.4) is 0 Å². The van der Waals surface area contributed by atoms with Gasteiger partial charge >= 0.3 is 5.69 Å². The van der Waals surface area contributed by atoms with Crippen molar-refractivity contribution in [2.45, 2.75) is 19.3 Å². The second-order valence-corrected chi connectivity index (χ2v) is 5.46. The molecule has 128 valence electrons. The molecule has 0 aliphatic rings. The molecule has 2 aromatic rings. The van der Waals surface area contributed by atoms with Gasteiger partial charge in [0, 0.05) is 23.9 Å². The van der Waals surface area contributed by atoms with Crippen LogP contribution >= 0.6 is 11.6 Å². The summed E-state index contributed by atoms with van der Waals surface area (Å²) >= 11 is 5.83. The van der Waals surface area contributed by atoms with Crippen LogP contribution < -0.4 is 10.6 Å². The fourth-order valence-electron chi connectivity index (χ4n) is 1.98. The van der Waals surface area contributed by atoms with Crippen molar-refractivity contribution >= 4 is 34.7 Å². The van der Waals surface area contributed by atoms with Gasteiger partial charge in [0.15, 0.2) is 0 Å². The van der Waals surface area contributed by atoms with E-state index in [2.05, 4.69) is 20.6 Å². The molecule has 1 aromatic carbocycles. The highest BCUT2D eigenvalue weighted by molar-refractivity contribution is 6.30. The Morgan fingerprint density at radius 3 is 2.62 bits per heavy atom. The van der Waals surface area contributed by atoms with Crippen molar-refractivity contribution in [3.63, 3.8) is 0 Å². The molecule has 0 saturated carbocycles. The molecule has 0 aliphatic heterocycles. The number of hydrogen-bond acceptors (Lipinski definition) is 7. The molecule has 0 unspecified atom stereocenters. The number of unbranched alkanes of at least 4 members (excludes halogenated alkanes) is 2. The first-order valence-corrected chi connectivity index (χ1v) is 7.86. The Balaban J connectivity index is 2.08. The van der Waals surface area contributed by atoms with Crippen LogP contribution in [0.1, 0.15) is 19.3 Å². The van der Waals surface area contributed by atoms with Gasteiger partial charge in [-0.2, -0.15) is 4.98 Å². The van der Waals surface area contributed by atoms with E-state index in [0.717, 1.165) is 18.5 Å². The number of nitro groups is 1. The van der Waals surface area contributed by atoms with Crippen LogP contribution in [0.15, 0.2) is 30.5 Å². The molecular weight excluding hydrogens is 334 g/mol. The third-order valence-electron chi connectivity index (χ3n) is 3.19. The van der Waals surface area contributed by atoms with Crippen LogP contribution in [-0.2, 0) is 0 Å². The minimum absolute atomic E-state index is 0.142. The average molecular weight is 352 g/mol. The fourth-order valence-corrected chi connectivity index (χ4v) is 2.11. The molecule has 3 N–H and O–H groups in total. The topological polar surface area (TPSA) is 113 Å². The fraction of sp³-hybridized carbons (Fsp3) is 0.333. The first kappa shape index (κ1) is 17.9. The van der Waals surface area contributed by atoms with Crippen molar-refractivity contribution in [1.82, 2.24) is 9.97 Å². The van der Waals surface area contributed by atoms with Gasteiger partial charge in [-0.05, 0) is 43.5 Å². The number of nitrogens with zero attached hydrogens (tertiary/aromatic N) is 3. The van der Waals surface area contributed by atoms with Crippen molar-refractivity contribution in [2.24, 2.45) is 0 Å². The number of aliphatic hydroxyl groups excluding tert-OH is 1. The quantitative estimate of drug-likeness (QED) is 0.360. The number of rotatable bonds is 9. The Labute approximate surface area is 144 Å². The molecule has 0 radical (unpaired) electrons. The SMILES string of the molecule is O=[N+]([O-])c1cnc(Nc2ccc(Cl)cc2)nc1NCCCCCO. The van der Waals surface area contributed by atoms with Crippen molar-refractivity contribution < 1.29 is 10.0 Å². The third-order valence-corrected chi connectivity index (χ3v) is 3.45. The van der Waals surface area contributed by atoms with Gasteiger partial charge in [-0.25, -0.2) is 4.98 Å². The van der Waals surface area contributed by atoms with Crippen molar-refractivity contribution in [3.05, 3.63) is 45.6 Å². The van der Waals surface area contributed by atoms with Crippen LogP contribution in [0, 0.1) is 10.1 Å². The lowest BCUT2D eigenvalue weighted by molar-refractivity contribution is -0.384. The predicted molar refractivity (Wildman–Crippen MR) is 92.8 cm³/mol. The molecule has 2 rings (SSSR count). The maximum Gasteiger partial charge on any atom is 0.329 e. The zero-order valence-corrected chi connectivity index (χ0v) is 13.7. The largest absolute Gasteiger partial charge is 0.396 e. The van der Waals surface area contributed by atoms with E-state index < -0.39 is 4.92 Å². The highest BCUT2D eigenvalue weighted by atomic mass is 35.5. The highest BCUT2D eigenvalue weighted by Crippen LogP contribution is 2.24. The molecule has 0 spiro atoms. The predicted octanol–water partition coefficient (Wildman–Crippen LogP) is 3.36. The van der Waals surface area contributed by atoms with Gasteiger partial charge in [0.1, 0.15) is 6.20 Å². The molecule has 0 atom stereocenters. The summed E-state index contributed by atoms with van der Waals surface area (Å²) in [6.45, 7) is 0.668. The standard InChI is InChI=1S/C15H18ClN5O3/c16-11-4-6-12(7-5-11)19-15-18-10-13(21(23)24)14(20-15)17-8-2-1-3-9-22/h4-7,10,22H,1-3,8-9H2,(H2,17,18,19,20). The number of aromatic nitrogens is 2. The molecule has 9 heteroatoms. The Bertz CT molecular complexity index is 681. The van der Waals surface area contributed by atoms with E-state index in [1.54, 1.807) is 24.3 Å². The molecular formula is C15H18ClN5O3. The highest BCUT2D eigenvalue weighted by Gasteiger charge is 2.17. The second-order valence-electron chi connectivity index (χ2n) is 5.03. The summed E-state index contributed by atoms with van der Waals surface area (Å²) in [6, 6.07) is 6.95. The molecule has 24 heavy (non-hydrogen) atoms. The summed E-state index contributed by atoms with van der Waals surface area (Å²) in [6.07, 6.45) is 3.48. The van der Waals surface area contributed by atoms with Crippen LogP contribution in [0.4, 0.5) is 23.1 Å². The van der Waals surface area contributed by atoms with E-state index in [0.29, 0.717) is 18.0 Å². The normalized spacial score (nSPS) is 10.4. The van der Waals surface area contributed by atoms with Crippen molar-refractivity contribution in [2.75, 3.05) is 23.8 Å². The Morgan fingerprint density at radius 1 is 1.21 bits per heavy atom. The van der Waals surface area contributed by atoms with Gasteiger partial charge in [0.2, 0.25) is 11.8 Å². The van der Waals surface area contributed by atoms with E-state index in [4.69, 9.17) is 16.7 Å². The first-order valence-electron chi connectivity index (χ1n) is 7.49. The number of benzene rings is 1. The van der Waals surface area contributed by atoms with E-state index >= 15 is 0 Å². The lowest BCUT2D eigenvalue weighted by atomic mass is 10.2. The summed E-state index contributed by atoms with van der Waals surface area (Å²) < 4.78 is 0. The van der Waals surface area contributed by atoms with E-state index in [9.17, 15) is 10.1 Å².